The number of hydrazine groups is 1. The molecule has 1 saturated heterocycles. The van der Waals surface area contributed by atoms with Gasteiger partial charge >= 0.3 is 0 Å². The number of fused-ring (bicyclic) bond motifs is 1. The molecular weight excluding hydrogens is 466 g/mol. The van der Waals surface area contributed by atoms with E-state index in [0.717, 1.165) is 31.6 Å². The zero-order chi connectivity index (χ0) is 26.9. The van der Waals surface area contributed by atoms with Crippen molar-refractivity contribution in [3.05, 3.63) is 53.3 Å². The maximum Gasteiger partial charge on any atom is 0.286 e. The third-order valence-corrected chi connectivity index (χ3v) is 6.00. The maximum atomic E-state index is 13.4. The number of aryl methyl sites for hydroxylation is 2. The lowest BCUT2D eigenvalue weighted by molar-refractivity contribution is 0.0736. The minimum absolute atomic E-state index is 0.139. The smallest absolute Gasteiger partial charge is 0.286 e. The van der Waals surface area contributed by atoms with Crippen molar-refractivity contribution < 1.29 is 14.3 Å². The molecule has 0 radical (unpaired) electrons. The van der Waals surface area contributed by atoms with Gasteiger partial charge in [0.05, 0.1) is 22.9 Å². The topological polar surface area (TPSA) is 88.5 Å². The molecule has 2 N–H and O–H groups in total. The van der Waals surface area contributed by atoms with Crippen LogP contribution in [-0.4, -0.2) is 45.6 Å². The highest BCUT2D eigenvalue weighted by molar-refractivity contribution is 6.07. The summed E-state index contributed by atoms with van der Waals surface area (Å²) >= 11 is 0. The van der Waals surface area contributed by atoms with Crippen LogP contribution < -0.4 is 15.5 Å². The van der Waals surface area contributed by atoms with E-state index < -0.39 is 0 Å². The summed E-state index contributed by atoms with van der Waals surface area (Å²) in [5.74, 6) is 0.0557. The van der Waals surface area contributed by atoms with Crippen LogP contribution in [0.25, 0.3) is 11.0 Å². The number of hydrogen-bond acceptors (Lipinski definition) is 5. The molecule has 0 bridgehead atoms. The predicted molar refractivity (Wildman–Crippen MR) is 149 cm³/mol. The Balaban J connectivity index is 0.00000121. The van der Waals surface area contributed by atoms with Gasteiger partial charge in [-0.3, -0.25) is 15.0 Å². The quantitative estimate of drug-likeness (QED) is 0.427. The Hall–Kier alpha value is -3.39. The lowest BCUT2D eigenvalue weighted by Crippen LogP contribution is -2.45. The first kappa shape index (κ1) is 28.2. The second kappa shape index (κ2) is 13.2. The molecule has 2 aromatic heterocycles. The van der Waals surface area contributed by atoms with E-state index in [1.54, 1.807) is 16.7 Å². The number of anilines is 1. The fourth-order valence-corrected chi connectivity index (χ4v) is 4.32. The molecule has 0 atom stereocenters. The first-order valence-electron chi connectivity index (χ1n) is 13.4. The van der Waals surface area contributed by atoms with Crippen LogP contribution in [0.3, 0.4) is 0 Å². The number of piperidine rings is 1. The van der Waals surface area contributed by atoms with Crippen molar-refractivity contribution in [2.75, 3.05) is 18.4 Å². The predicted octanol–water partition coefficient (Wildman–Crippen LogP) is 5.72. The van der Waals surface area contributed by atoms with Crippen LogP contribution in [0.5, 0.6) is 5.75 Å². The number of benzene rings is 1. The van der Waals surface area contributed by atoms with E-state index in [1.807, 2.05) is 57.1 Å². The summed E-state index contributed by atoms with van der Waals surface area (Å²) in [4.78, 5) is 31.0. The molecule has 0 aliphatic carbocycles. The van der Waals surface area contributed by atoms with Crippen LogP contribution in [0.2, 0.25) is 0 Å². The largest absolute Gasteiger partial charge is 0.488 e. The molecule has 0 spiro atoms. The number of carbonyl (C=O) groups excluding carboxylic acids is 2. The summed E-state index contributed by atoms with van der Waals surface area (Å²) in [5.41, 5.74) is 6.05. The molecule has 1 aliphatic rings. The molecule has 0 unspecified atom stereocenters. The van der Waals surface area contributed by atoms with Crippen molar-refractivity contribution in [3.8, 4) is 5.75 Å². The number of hydrogen-bond donors (Lipinski definition) is 2. The minimum atomic E-state index is -0.217. The molecule has 2 amide bonds. The summed E-state index contributed by atoms with van der Waals surface area (Å²) in [7, 11) is 1.83. The van der Waals surface area contributed by atoms with Crippen molar-refractivity contribution in [1.29, 1.82) is 0 Å². The van der Waals surface area contributed by atoms with Crippen LogP contribution in [-0.2, 0) is 13.5 Å². The van der Waals surface area contributed by atoms with E-state index in [9.17, 15) is 9.59 Å². The van der Waals surface area contributed by atoms with Gasteiger partial charge in [-0.05, 0) is 51.3 Å². The lowest BCUT2D eigenvalue weighted by Gasteiger charge is -2.27. The molecule has 3 aromatic rings. The molecule has 1 aliphatic heterocycles. The van der Waals surface area contributed by atoms with Gasteiger partial charge in [-0.2, -0.15) is 0 Å². The van der Waals surface area contributed by atoms with Gasteiger partial charge in [-0.1, -0.05) is 51.8 Å². The molecule has 4 rings (SSSR count). The molecule has 3 heterocycles. The number of nitrogens with zero attached hydrogens (tertiary/aromatic N) is 3. The second-order valence-electron chi connectivity index (χ2n) is 9.63. The highest BCUT2D eigenvalue weighted by Gasteiger charge is 2.27. The fraction of sp³-hybridized carbons (Fsp3) is 0.483. The number of aromatic nitrogens is 2. The number of carbonyl (C=O) groups is 2. The summed E-state index contributed by atoms with van der Waals surface area (Å²) in [5, 5.41) is 5.67. The Morgan fingerprint density at radius 2 is 1.68 bits per heavy atom. The van der Waals surface area contributed by atoms with Crippen molar-refractivity contribution >= 4 is 28.5 Å². The first-order valence-corrected chi connectivity index (χ1v) is 13.4. The van der Waals surface area contributed by atoms with Gasteiger partial charge in [0.25, 0.3) is 11.8 Å². The van der Waals surface area contributed by atoms with Crippen LogP contribution in [0.15, 0.2) is 36.4 Å². The van der Waals surface area contributed by atoms with Crippen molar-refractivity contribution in [2.45, 2.75) is 72.8 Å². The van der Waals surface area contributed by atoms with Crippen LogP contribution in [0, 0.1) is 0 Å². The summed E-state index contributed by atoms with van der Waals surface area (Å²) in [6.07, 6.45) is 5.05. The zero-order valence-electron chi connectivity index (χ0n) is 23.1. The Bertz CT molecular complexity index is 1200. The van der Waals surface area contributed by atoms with Gasteiger partial charge in [0.15, 0.2) is 11.4 Å². The molecule has 8 nitrogen and oxygen atoms in total. The van der Waals surface area contributed by atoms with Gasteiger partial charge in [0.1, 0.15) is 5.65 Å². The third kappa shape index (κ3) is 6.89. The van der Waals surface area contributed by atoms with E-state index in [4.69, 9.17) is 9.72 Å². The number of ether oxygens (including phenoxy) is 1. The van der Waals surface area contributed by atoms with Gasteiger partial charge in [0, 0.05) is 25.7 Å². The molecule has 1 fully saturated rings. The molecule has 1 aromatic carbocycles. The van der Waals surface area contributed by atoms with E-state index in [-0.39, 0.29) is 17.9 Å². The van der Waals surface area contributed by atoms with Gasteiger partial charge in [0.2, 0.25) is 0 Å². The third-order valence-electron chi connectivity index (χ3n) is 6.00. The number of pyridine rings is 1. The normalized spacial score (nSPS) is 13.7. The maximum absolute atomic E-state index is 13.4. The van der Waals surface area contributed by atoms with Crippen LogP contribution in [0.4, 0.5) is 5.69 Å². The van der Waals surface area contributed by atoms with Gasteiger partial charge in [-0.15, -0.1) is 0 Å². The van der Waals surface area contributed by atoms with Crippen LogP contribution in [0.1, 0.15) is 86.8 Å². The van der Waals surface area contributed by atoms with E-state index >= 15 is 0 Å². The molecule has 8 heteroatoms. The lowest BCUT2D eigenvalue weighted by atomic mass is 10.1. The number of amides is 2. The van der Waals surface area contributed by atoms with Crippen molar-refractivity contribution in [3.63, 3.8) is 0 Å². The highest BCUT2D eigenvalue weighted by atomic mass is 16.5. The van der Waals surface area contributed by atoms with Gasteiger partial charge < -0.3 is 14.6 Å². The Labute approximate surface area is 220 Å². The number of nitrogens with one attached hydrogen (secondary N) is 2. The van der Waals surface area contributed by atoms with E-state index in [1.165, 1.54) is 12.8 Å². The average Bonchev–Trinajstić information content (AvgIpc) is 3.14. The minimum Gasteiger partial charge on any atom is -0.488 e. The van der Waals surface area contributed by atoms with Crippen LogP contribution >= 0.6 is 0 Å². The summed E-state index contributed by atoms with van der Waals surface area (Å²) in [6, 6.07) is 10.9. The Morgan fingerprint density at radius 3 is 2.27 bits per heavy atom. The molecule has 200 valence electrons. The Morgan fingerprint density at radius 1 is 1.03 bits per heavy atom. The summed E-state index contributed by atoms with van der Waals surface area (Å²) in [6.45, 7) is 11.8. The molecule has 0 saturated carbocycles. The van der Waals surface area contributed by atoms with E-state index in [0.29, 0.717) is 40.1 Å². The SMILES string of the molecule is CCC.CCc1nc2c(cc1NC(=O)c1ccccc1)c(OC(C)C)c(C(=O)NN1CCCCC1)n2C. The highest BCUT2D eigenvalue weighted by Crippen LogP contribution is 2.35. The Kier molecular flexibility index (Phi) is 10.1. The second-order valence-corrected chi connectivity index (χ2v) is 9.63. The standard InChI is InChI=1S/C26H33N5O3.C3H8/c1-5-20-21(28-25(32)18-12-8-6-9-13-18)16-19-23(34-17(2)3)22(30(4)24(19)27-20)26(33)29-31-14-10-7-11-15-31;1-3-2/h6,8-9,12-13,16-17H,5,7,10-11,14-15H2,1-4H3,(H,28,32)(H,29,33);3H2,1-2H3. The molecule has 37 heavy (non-hydrogen) atoms. The monoisotopic (exact) mass is 507 g/mol. The zero-order valence-corrected chi connectivity index (χ0v) is 23.1. The van der Waals surface area contributed by atoms with Crippen molar-refractivity contribution in [1.82, 2.24) is 20.0 Å². The summed E-state index contributed by atoms with van der Waals surface area (Å²) < 4.78 is 7.94. The first-order chi connectivity index (χ1) is 17.8. The van der Waals surface area contributed by atoms with Gasteiger partial charge in [-0.25, -0.2) is 9.99 Å². The fourth-order valence-electron chi connectivity index (χ4n) is 4.32. The van der Waals surface area contributed by atoms with Crippen molar-refractivity contribution in [2.24, 2.45) is 7.05 Å². The van der Waals surface area contributed by atoms with E-state index in [2.05, 4.69) is 24.6 Å². The average molecular weight is 508 g/mol. The number of rotatable bonds is 7. The molecular formula is C29H41N5O3.